The second-order valence-corrected chi connectivity index (χ2v) is 6.96. The third kappa shape index (κ3) is 1.12. The van der Waals surface area contributed by atoms with Crippen molar-refractivity contribution in [3.05, 3.63) is 18.0 Å². The van der Waals surface area contributed by atoms with E-state index >= 15 is 0 Å². The standard InChI is InChI=1S/C15H24N2O/c1-5-17-12(7-9-16-17)15(18)13(2,3)11-6-8-14(15,4)10-11/h7,9,11,18H,5-6,8,10H2,1-4H3. The Morgan fingerprint density at radius 1 is 1.44 bits per heavy atom. The first kappa shape index (κ1) is 12.2. The summed E-state index contributed by atoms with van der Waals surface area (Å²) >= 11 is 0. The quantitative estimate of drug-likeness (QED) is 0.874. The Balaban J connectivity index is 2.19. The molecule has 3 nitrogen and oxygen atoms in total. The van der Waals surface area contributed by atoms with E-state index in [9.17, 15) is 5.11 Å². The van der Waals surface area contributed by atoms with Crippen LogP contribution in [0.25, 0.3) is 0 Å². The minimum absolute atomic E-state index is 0.00806. The number of rotatable bonds is 2. The first-order chi connectivity index (χ1) is 8.37. The van der Waals surface area contributed by atoms with E-state index in [0.29, 0.717) is 5.92 Å². The molecule has 1 N–H and O–H groups in total. The van der Waals surface area contributed by atoms with E-state index in [0.717, 1.165) is 25.1 Å². The maximum atomic E-state index is 11.6. The van der Waals surface area contributed by atoms with E-state index < -0.39 is 5.60 Å². The lowest BCUT2D eigenvalue weighted by Gasteiger charge is -2.50. The van der Waals surface area contributed by atoms with Crippen molar-refractivity contribution in [1.82, 2.24) is 9.78 Å². The summed E-state index contributed by atoms with van der Waals surface area (Å²) in [7, 11) is 0. The second kappa shape index (κ2) is 3.38. The number of fused-ring (bicyclic) bond motifs is 2. The van der Waals surface area contributed by atoms with Crippen LogP contribution in [0.5, 0.6) is 0 Å². The van der Waals surface area contributed by atoms with E-state index in [1.807, 2.05) is 16.9 Å². The Hall–Kier alpha value is -0.830. The van der Waals surface area contributed by atoms with Gasteiger partial charge < -0.3 is 5.11 Å². The van der Waals surface area contributed by atoms with Crippen LogP contribution in [0.1, 0.15) is 52.7 Å². The summed E-state index contributed by atoms with van der Waals surface area (Å²) in [6, 6.07) is 2.01. The predicted octanol–water partition coefficient (Wildman–Crippen LogP) is 2.94. The summed E-state index contributed by atoms with van der Waals surface area (Å²) in [6.07, 6.45) is 5.35. The van der Waals surface area contributed by atoms with Crippen LogP contribution in [0.4, 0.5) is 0 Å². The van der Waals surface area contributed by atoms with Crippen LogP contribution in [0.2, 0.25) is 0 Å². The number of hydrogen-bond acceptors (Lipinski definition) is 2. The molecule has 3 heteroatoms. The van der Waals surface area contributed by atoms with Crippen molar-refractivity contribution in [2.45, 2.75) is 59.1 Å². The maximum Gasteiger partial charge on any atom is 0.117 e. The van der Waals surface area contributed by atoms with E-state index in [1.165, 1.54) is 6.42 Å². The van der Waals surface area contributed by atoms with Gasteiger partial charge in [-0.15, -0.1) is 0 Å². The van der Waals surface area contributed by atoms with Gasteiger partial charge in [0.25, 0.3) is 0 Å². The fourth-order valence-electron chi connectivity index (χ4n) is 4.79. The van der Waals surface area contributed by atoms with Crippen LogP contribution >= 0.6 is 0 Å². The highest BCUT2D eigenvalue weighted by Gasteiger charge is 2.69. The van der Waals surface area contributed by atoms with E-state index in [-0.39, 0.29) is 10.8 Å². The second-order valence-electron chi connectivity index (χ2n) is 6.96. The van der Waals surface area contributed by atoms with Crippen LogP contribution in [-0.4, -0.2) is 14.9 Å². The minimum Gasteiger partial charge on any atom is -0.382 e. The van der Waals surface area contributed by atoms with Gasteiger partial charge in [0.2, 0.25) is 0 Å². The number of aromatic nitrogens is 2. The molecular weight excluding hydrogens is 224 g/mol. The molecule has 0 aromatic carbocycles. The van der Waals surface area contributed by atoms with E-state index in [4.69, 9.17) is 0 Å². The topological polar surface area (TPSA) is 38.0 Å². The normalized spacial score (nSPS) is 41.5. The van der Waals surface area contributed by atoms with Gasteiger partial charge in [-0.05, 0) is 38.2 Å². The van der Waals surface area contributed by atoms with Crippen LogP contribution < -0.4 is 0 Å². The molecule has 2 aliphatic rings. The van der Waals surface area contributed by atoms with Crippen molar-refractivity contribution in [1.29, 1.82) is 0 Å². The summed E-state index contributed by atoms with van der Waals surface area (Å²) in [6.45, 7) is 9.63. The average Bonchev–Trinajstić information content (AvgIpc) is 2.96. The zero-order valence-corrected chi connectivity index (χ0v) is 11.9. The molecule has 2 bridgehead atoms. The Kier molecular flexibility index (Phi) is 2.30. The number of nitrogens with zero attached hydrogens (tertiary/aromatic N) is 2. The van der Waals surface area contributed by atoms with Crippen molar-refractivity contribution >= 4 is 0 Å². The number of hydrogen-bond donors (Lipinski definition) is 1. The highest BCUT2D eigenvalue weighted by molar-refractivity contribution is 5.28. The first-order valence-corrected chi connectivity index (χ1v) is 7.11. The summed E-state index contributed by atoms with van der Waals surface area (Å²) < 4.78 is 1.97. The lowest BCUT2D eigenvalue weighted by atomic mass is 9.59. The van der Waals surface area contributed by atoms with Gasteiger partial charge in [0, 0.05) is 23.6 Å². The zero-order valence-electron chi connectivity index (χ0n) is 11.9. The molecule has 0 saturated heterocycles. The Bertz CT molecular complexity index is 472. The van der Waals surface area contributed by atoms with Crippen LogP contribution in [0, 0.1) is 16.7 Å². The van der Waals surface area contributed by atoms with Crippen molar-refractivity contribution in [3.8, 4) is 0 Å². The molecular formula is C15H24N2O. The molecule has 0 aliphatic heterocycles. The largest absolute Gasteiger partial charge is 0.382 e. The van der Waals surface area contributed by atoms with Gasteiger partial charge in [0.15, 0.2) is 0 Å². The Labute approximate surface area is 109 Å². The zero-order chi connectivity index (χ0) is 13.2. The third-order valence-electron chi connectivity index (χ3n) is 5.95. The van der Waals surface area contributed by atoms with Crippen molar-refractivity contribution in [2.24, 2.45) is 16.7 Å². The fourth-order valence-corrected chi connectivity index (χ4v) is 4.79. The van der Waals surface area contributed by atoms with Crippen LogP contribution in [0.15, 0.2) is 12.3 Å². The van der Waals surface area contributed by atoms with Gasteiger partial charge in [0.1, 0.15) is 5.60 Å². The minimum atomic E-state index is -0.741. The number of aliphatic hydroxyl groups is 1. The van der Waals surface area contributed by atoms with Gasteiger partial charge in [-0.3, -0.25) is 4.68 Å². The molecule has 0 spiro atoms. The monoisotopic (exact) mass is 248 g/mol. The molecule has 2 fully saturated rings. The highest BCUT2D eigenvalue weighted by Crippen LogP contribution is 2.71. The Morgan fingerprint density at radius 3 is 2.72 bits per heavy atom. The SMILES string of the molecule is CCn1nccc1C1(O)C2(C)CCC(C2)C1(C)C. The van der Waals surface area contributed by atoms with E-state index in [1.54, 1.807) is 0 Å². The molecule has 3 unspecified atom stereocenters. The summed E-state index contributed by atoms with van der Waals surface area (Å²) in [5.41, 5.74) is 0.218. The average molecular weight is 248 g/mol. The molecule has 2 aliphatic carbocycles. The lowest BCUT2D eigenvalue weighted by molar-refractivity contribution is -0.156. The van der Waals surface area contributed by atoms with Crippen LogP contribution in [0.3, 0.4) is 0 Å². The van der Waals surface area contributed by atoms with Crippen molar-refractivity contribution in [2.75, 3.05) is 0 Å². The Morgan fingerprint density at radius 2 is 2.17 bits per heavy atom. The van der Waals surface area contributed by atoms with Gasteiger partial charge in [-0.1, -0.05) is 20.8 Å². The van der Waals surface area contributed by atoms with Gasteiger partial charge in [-0.25, -0.2) is 0 Å². The molecule has 1 heterocycles. The molecule has 3 rings (SSSR count). The molecule has 3 atom stereocenters. The van der Waals surface area contributed by atoms with E-state index in [2.05, 4.69) is 32.8 Å². The lowest BCUT2D eigenvalue weighted by Crippen LogP contribution is -2.52. The third-order valence-corrected chi connectivity index (χ3v) is 5.95. The molecule has 0 radical (unpaired) electrons. The molecule has 18 heavy (non-hydrogen) atoms. The van der Waals surface area contributed by atoms with Crippen molar-refractivity contribution < 1.29 is 5.11 Å². The molecule has 100 valence electrons. The summed E-state index contributed by atoms with van der Waals surface area (Å²) in [4.78, 5) is 0. The highest BCUT2D eigenvalue weighted by atomic mass is 16.3. The van der Waals surface area contributed by atoms with Crippen LogP contribution in [-0.2, 0) is 12.1 Å². The predicted molar refractivity (Wildman–Crippen MR) is 71.0 cm³/mol. The molecule has 0 amide bonds. The summed E-state index contributed by atoms with van der Waals surface area (Å²) in [5, 5.41) is 15.9. The first-order valence-electron chi connectivity index (χ1n) is 7.11. The molecule has 1 aromatic heterocycles. The summed E-state index contributed by atoms with van der Waals surface area (Å²) in [5.74, 6) is 0.632. The number of aryl methyl sites for hydroxylation is 1. The van der Waals surface area contributed by atoms with Gasteiger partial charge in [0.05, 0.1) is 5.69 Å². The molecule has 2 saturated carbocycles. The van der Waals surface area contributed by atoms with Gasteiger partial charge in [-0.2, -0.15) is 5.10 Å². The van der Waals surface area contributed by atoms with Gasteiger partial charge >= 0.3 is 0 Å². The molecule has 1 aromatic rings. The van der Waals surface area contributed by atoms with Crippen molar-refractivity contribution in [3.63, 3.8) is 0 Å². The fraction of sp³-hybridized carbons (Fsp3) is 0.800. The smallest absolute Gasteiger partial charge is 0.117 e. The maximum absolute atomic E-state index is 11.6.